The fourth-order valence-corrected chi connectivity index (χ4v) is 12.5. The molecule has 0 spiro atoms. The smallest absolute Gasteiger partial charge is 0.269 e. The molecule has 1 aliphatic carbocycles. The fourth-order valence-electron chi connectivity index (χ4n) is 12.5. The third-order valence-corrected chi connectivity index (χ3v) is 16.8. The summed E-state index contributed by atoms with van der Waals surface area (Å²) in [7, 11) is 0. The van der Waals surface area contributed by atoms with Gasteiger partial charge in [-0.3, -0.25) is 13.7 Å². The van der Waals surface area contributed by atoms with Gasteiger partial charge in [0.1, 0.15) is 17.3 Å². The molecule has 5 nitrogen and oxygen atoms in total. The van der Waals surface area contributed by atoms with Gasteiger partial charge < -0.3 is 4.74 Å². The molecule has 2 aliphatic rings. The van der Waals surface area contributed by atoms with Crippen LogP contribution in [0, 0.1) is 20.0 Å². The highest BCUT2D eigenvalue weighted by Gasteiger charge is 2.39. The van der Waals surface area contributed by atoms with E-state index in [-0.39, 0.29) is 38.4 Å². The number of pyridine rings is 1. The lowest BCUT2D eigenvalue weighted by atomic mass is 9.62. The molecule has 0 amide bonds. The first-order valence-electron chi connectivity index (χ1n) is 30.1. The van der Waals surface area contributed by atoms with E-state index in [0.29, 0.717) is 22.6 Å². The topological polar surface area (TPSA) is 35.9 Å². The molecule has 0 saturated carbocycles. The summed E-state index contributed by atoms with van der Waals surface area (Å²) in [5.74, 6) is 2.05. The van der Waals surface area contributed by atoms with E-state index in [9.17, 15) is 0 Å². The number of benzene rings is 8. The lowest BCUT2D eigenvalue weighted by Crippen LogP contribution is -2.35. The molecule has 5 heteroatoms. The summed E-state index contributed by atoms with van der Waals surface area (Å²) in [6.07, 6.45) is 7.94. The molecule has 0 bridgehead atoms. The molecule has 8 aromatic carbocycles. The maximum atomic E-state index is 8.90. The monoisotopic (exact) mass is 1010 g/mol. The maximum Gasteiger partial charge on any atom is 0.269 e. The minimum absolute atomic E-state index is 0.0322. The largest absolute Gasteiger partial charge is 0.458 e. The molecule has 11 aromatic rings. The van der Waals surface area contributed by atoms with E-state index in [1.54, 1.807) is 18.2 Å². The molecule has 0 unspecified atom stereocenters. The first-order valence-corrected chi connectivity index (χ1v) is 27.1. The van der Waals surface area contributed by atoms with Gasteiger partial charge in [0.05, 0.1) is 33.4 Å². The highest BCUT2D eigenvalue weighted by molar-refractivity contribution is 6.09. The van der Waals surface area contributed by atoms with Gasteiger partial charge in [-0.15, -0.1) is 0 Å². The second-order valence-electron chi connectivity index (χ2n) is 24.9. The van der Waals surface area contributed by atoms with Crippen molar-refractivity contribution in [3.63, 3.8) is 0 Å². The number of nitrogens with zero attached hydrogens (tertiary/aromatic N) is 4. The number of imidazole rings is 1. The van der Waals surface area contributed by atoms with E-state index in [2.05, 4.69) is 188 Å². The van der Waals surface area contributed by atoms with Crippen LogP contribution in [0.1, 0.15) is 124 Å². The predicted octanol–water partition coefficient (Wildman–Crippen LogP) is 18.5. The summed E-state index contributed by atoms with van der Waals surface area (Å²) in [5.41, 5.74) is 16.2. The molecule has 0 radical (unpaired) electrons. The Balaban J connectivity index is 1.10. The Kier molecular flexibility index (Phi) is 9.44. The molecule has 1 aliphatic heterocycles. The molecular weight excluding hydrogens is 937 g/mol. The van der Waals surface area contributed by atoms with E-state index in [0.717, 1.165) is 96.3 Å². The average molecular weight is 1010 g/mol. The van der Waals surface area contributed by atoms with Crippen molar-refractivity contribution in [2.45, 2.75) is 117 Å². The normalized spacial score (nSPS) is 16.1. The van der Waals surface area contributed by atoms with Gasteiger partial charge in [-0.05, 0) is 187 Å². The van der Waals surface area contributed by atoms with Crippen molar-refractivity contribution in [3.8, 4) is 73.2 Å². The Bertz CT molecular complexity index is 4450. The third-order valence-electron chi connectivity index (χ3n) is 16.8. The number of hydrogen-bond donors (Lipinski definition) is 0. The van der Waals surface area contributed by atoms with Crippen LogP contribution in [-0.2, 0) is 21.7 Å². The van der Waals surface area contributed by atoms with Crippen LogP contribution in [0.5, 0.6) is 11.5 Å². The molecule has 0 atom stereocenters. The minimum atomic E-state index is -2.64. The van der Waals surface area contributed by atoms with Crippen molar-refractivity contribution in [1.29, 1.82) is 0 Å². The second kappa shape index (κ2) is 17.2. The maximum absolute atomic E-state index is 8.90. The van der Waals surface area contributed by atoms with E-state index in [4.69, 9.17) is 17.9 Å². The van der Waals surface area contributed by atoms with Gasteiger partial charge in [0, 0.05) is 31.3 Å². The zero-order valence-electron chi connectivity index (χ0n) is 51.8. The zero-order chi connectivity index (χ0) is 58.5. The summed E-state index contributed by atoms with van der Waals surface area (Å²) in [5, 5.41) is 2.19. The average Bonchev–Trinajstić information content (AvgIpc) is 3.71. The van der Waals surface area contributed by atoms with Crippen molar-refractivity contribution in [3.05, 3.63) is 210 Å². The number of aryl methyl sites for hydroxylation is 2. The van der Waals surface area contributed by atoms with Crippen molar-refractivity contribution < 1.29 is 17.5 Å². The van der Waals surface area contributed by atoms with Gasteiger partial charge in [-0.25, -0.2) is 4.98 Å². The lowest BCUT2D eigenvalue weighted by molar-refractivity contribution is -0.572. The number of para-hydroxylation sites is 2. The predicted molar refractivity (Wildman–Crippen MR) is 320 cm³/mol. The van der Waals surface area contributed by atoms with Gasteiger partial charge in [0.25, 0.3) is 6.33 Å². The first kappa shape index (κ1) is 42.1. The summed E-state index contributed by atoms with van der Waals surface area (Å²) >= 11 is 0. The van der Waals surface area contributed by atoms with Crippen LogP contribution in [0.4, 0.5) is 0 Å². The quantitative estimate of drug-likeness (QED) is 0.127. The van der Waals surface area contributed by atoms with Crippen LogP contribution < -0.4 is 9.30 Å². The number of rotatable bonds is 5. The summed E-state index contributed by atoms with van der Waals surface area (Å²) in [4.78, 5) is 4.92. The molecule has 382 valence electrons. The zero-order valence-corrected chi connectivity index (χ0v) is 45.8. The van der Waals surface area contributed by atoms with Crippen LogP contribution >= 0.6 is 0 Å². The third kappa shape index (κ3) is 7.86. The summed E-state index contributed by atoms with van der Waals surface area (Å²) < 4.78 is 66.8. The van der Waals surface area contributed by atoms with Gasteiger partial charge in [-0.2, -0.15) is 0 Å². The highest BCUT2D eigenvalue weighted by atomic mass is 16.5. The second-order valence-corrected chi connectivity index (χ2v) is 24.9. The fraction of sp³-hybridized carbons (Fsp3) is 0.250. The number of ether oxygens (including phenoxy) is 1. The summed E-state index contributed by atoms with van der Waals surface area (Å²) in [6.45, 7) is 17.6. The van der Waals surface area contributed by atoms with Gasteiger partial charge >= 0.3 is 0 Å². The number of aromatic nitrogens is 4. The molecular formula is C72H68N4O. The Labute approximate surface area is 462 Å². The molecule has 0 N–H and O–H groups in total. The van der Waals surface area contributed by atoms with Gasteiger partial charge in [0.2, 0.25) is 0 Å². The Morgan fingerprint density at radius 2 is 1.19 bits per heavy atom. The van der Waals surface area contributed by atoms with E-state index < -0.39 is 13.7 Å². The van der Waals surface area contributed by atoms with Crippen LogP contribution in [-0.4, -0.2) is 14.1 Å². The minimum Gasteiger partial charge on any atom is -0.458 e. The Morgan fingerprint density at radius 1 is 0.558 bits per heavy atom. The van der Waals surface area contributed by atoms with Crippen molar-refractivity contribution in [2.24, 2.45) is 0 Å². The van der Waals surface area contributed by atoms with Crippen molar-refractivity contribution in [2.75, 3.05) is 0 Å². The Morgan fingerprint density at radius 3 is 1.91 bits per heavy atom. The molecule has 3 aromatic heterocycles. The van der Waals surface area contributed by atoms with Gasteiger partial charge in [0.15, 0.2) is 0 Å². The first-order chi connectivity index (χ1) is 39.2. The van der Waals surface area contributed by atoms with E-state index in [1.165, 1.54) is 16.7 Å². The molecule has 0 saturated heterocycles. The van der Waals surface area contributed by atoms with Crippen LogP contribution in [0.3, 0.4) is 0 Å². The number of fused-ring (bicyclic) bond motifs is 11. The van der Waals surface area contributed by atoms with Crippen LogP contribution in [0.2, 0.25) is 0 Å². The van der Waals surface area contributed by atoms with Gasteiger partial charge in [-0.1, -0.05) is 166 Å². The SMILES string of the molecule is [2H]C([2H])([2H])c1cccc(C([2H])([2H])[2H])c1-c1cc2c3c(c1)n(-c1cccc(Oc4ccc5c6ccccc6n(-c6cc(C(C)(C)C)ccn6)c5c4)c1)[c-][n+]3-c1c(cccc1C(C)(C)C)-c1cc3c(cc1-c1ccccc1-2)C(C)(C)CCC3(C)C. The van der Waals surface area contributed by atoms with Crippen molar-refractivity contribution >= 4 is 32.8 Å². The van der Waals surface area contributed by atoms with Crippen LogP contribution in [0.15, 0.2) is 170 Å². The molecule has 4 heterocycles. The van der Waals surface area contributed by atoms with Crippen molar-refractivity contribution in [1.82, 2.24) is 14.1 Å². The Hall–Kier alpha value is -8.02. The molecule has 0 fully saturated rings. The highest BCUT2D eigenvalue weighted by Crippen LogP contribution is 2.53. The molecule has 13 rings (SSSR count). The lowest BCUT2D eigenvalue weighted by Gasteiger charge is -2.42. The molecule has 77 heavy (non-hydrogen) atoms. The van der Waals surface area contributed by atoms with E-state index >= 15 is 0 Å². The number of hydrogen-bond acceptors (Lipinski definition) is 2. The standard InChI is InChI=1S/C72H68N4O/c1-44-20-17-21-45(2)66(44)46-36-58-52-25-14-13-24-51(52)56-41-60-61(72(11,12)34-33-71(60,9)10)42-57(56)55-27-19-28-59(70(6,7)8)67(55)75-43-74(64(37-46)68(58)75)48-22-18-23-49(39-48)77-50-30-31-54-53-26-15-16-29-62(53)76(63(54)40-50)65-38-47(32-35-73-65)69(3,4)5/h13-32,35-42H,33-34H2,1-12H3/i1D3,2D3. The van der Waals surface area contributed by atoms with Crippen LogP contribution in [0.25, 0.3) is 94.5 Å². The van der Waals surface area contributed by atoms with E-state index in [1.807, 2.05) is 53.2 Å². The summed E-state index contributed by atoms with van der Waals surface area (Å²) in [6, 6.07) is 55.5.